The molecule has 0 saturated carbocycles. The molecule has 4 rings (SSSR count). The van der Waals surface area contributed by atoms with E-state index in [4.69, 9.17) is 0 Å². The maximum atomic E-state index is 9.31. The maximum absolute atomic E-state index is 9.31. The first kappa shape index (κ1) is 15.5. The first-order valence-electron chi connectivity index (χ1n) is 8.76. The predicted octanol–water partition coefficient (Wildman–Crippen LogP) is 5.40. The molecule has 1 saturated heterocycles. The number of piperidine rings is 1. The Morgan fingerprint density at radius 2 is 1.60 bits per heavy atom. The molecule has 122 valence electrons. The molecule has 1 aliphatic heterocycles. The Bertz CT molecular complexity index is 954. The van der Waals surface area contributed by atoms with E-state index in [1.54, 1.807) is 0 Å². The lowest BCUT2D eigenvalue weighted by atomic mass is 9.96. The van der Waals surface area contributed by atoms with Crippen molar-refractivity contribution >= 4 is 22.5 Å². The normalized spacial score (nSPS) is 14.4. The first-order chi connectivity index (χ1) is 12.3. The van der Waals surface area contributed by atoms with Gasteiger partial charge in [0.25, 0.3) is 0 Å². The number of anilines is 1. The highest BCUT2D eigenvalue weighted by Crippen LogP contribution is 2.27. The molecule has 0 aromatic heterocycles. The molecule has 25 heavy (non-hydrogen) atoms. The molecule has 1 fully saturated rings. The van der Waals surface area contributed by atoms with Gasteiger partial charge in [0.15, 0.2) is 0 Å². The summed E-state index contributed by atoms with van der Waals surface area (Å²) >= 11 is 0. The fourth-order valence-corrected chi connectivity index (χ4v) is 3.58. The summed E-state index contributed by atoms with van der Waals surface area (Å²) in [6.45, 7) is 2.09. The Morgan fingerprint density at radius 1 is 0.880 bits per heavy atom. The van der Waals surface area contributed by atoms with Crippen molar-refractivity contribution in [3.05, 3.63) is 83.4 Å². The van der Waals surface area contributed by atoms with Gasteiger partial charge in [0, 0.05) is 18.8 Å². The molecular formula is C23H20N2. The minimum atomic E-state index is 0.729. The summed E-state index contributed by atoms with van der Waals surface area (Å²) in [6.07, 6.45) is 4.44. The number of nitriles is 1. The molecule has 1 heterocycles. The van der Waals surface area contributed by atoms with Gasteiger partial charge in [0.2, 0.25) is 0 Å². The standard InChI is InChI=1S/C23H20N2/c24-17-19-15-20-6-4-5-9-23(20)21(16-19)14-18-10-12-25(13-11-18)22-7-2-1-3-8-22/h1-9,14-16H,10-13H2. The lowest BCUT2D eigenvalue weighted by Crippen LogP contribution is -2.30. The summed E-state index contributed by atoms with van der Waals surface area (Å²) < 4.78 is 0. The van der Waals surface area contributed by atoms with Crippen LogP contribution in [0.4, 0.5) is 5.69 Å². The molecule has 2 nitrogen and oxygen atoms in total. The number of benzene rings is 3. The maximum Gasteiger partial charge on any atom is 0.0992 e. The number of fused-ring (bicyclic) bond motifs is 1. The van der Waals surface area contributed by atoms with E-state index >= 15 is 0 Å². The van der Waals surface area contributed by atoms with Crippen LogP contribution in [0.25, 0.3) is 16.8 Å². The van der Waals surface area contributed by atoms with Crippen LogP contribution in [0.3, 0.4) is 0 Å². The highest BCUT2D eigenvalue weighted by Gasteiger charge is 2.14. The molecule has 0 amide bonds. The molecule has 0 unspecified atom stereocenters. The van der Waals surface area contributed by atoms with Crippen LogP contribution in [0, 0.1) is 11.3 Å². The van der Waals surface area contributed by atoms with Gasteiger partial charge in [-0.25, -0.2) is 0 Å². The van der Waals surface area contributed by atoms with E-state index in [0.717, 1.165) is 42.4 Å². The van der Waals surface area contributed by atoms with E-state index in [-0.39, 0.29) is 0 Å². The van der Waals surface area contributed by atoms with E-state index in [1.807, 2.05) is 18.2 Å². The van der Waals surface area contributed by atoms with Crippen LogP contribution >= 0.6 is 0 Å². The molecule has 3 aromatic rings. The van der Waals surface area contributed by atoms with Gasteiger partial charge in [-0.3, -0.25) is 0 Å². The smallest absolute Gasteiger partial charge is 0.0992 e. The zero-order chi connectivity index (χ0) is 17.1. The van der Waals surface area contributed by atoms with Crippen molar-refractivity contribution in [3.63, 3.8) is 0 Å². The number of nitrogens with zero attached hydrogens (tertiary/aromatic N) is 2. The largest absolute Gasteiger partial charge is 0.371 e. The van der Waals surface area contributed by atoms with Crippen molar-refractivity contribution in [1.82, 2.24) is 0 Å². The van der Waals surface area contributed by atoms with E-state index in [1.165, 1.54) is 16.6 Å². The second kappa shape index (κ2) is 6.83. The third-order valence-corrected chi connectivity index (χ3v) is 4.91. The molecule has 2 heteroatoms. The zero-order valence-electron chi connectivity index (χ0n) is 14.2. The van der Waals surface area contributed by atoms with Crippen molar-refractivity contribution in [2.24, 2.45) is 0 Å². The fraction of sp³-hybridized carbons (Fsp3) is 0.174. The van der Waals surface area contributed by atoms with Gasteiger partial charge in [-0.15, -0.1) is 0 Å². The SMILES string of the molecule is N#Cc1cc(C=C2CCN(c3ccccc3)CC2)c2ccccc2c1. The summed E-state index contributed by atoms with van der Waals surface area (Å²) in [6, 6.07) is 25.2. The highest BCUT2D eigenvalue weighted by molar-refractivity contribution is 5.92. The molecule has 0 spiro atoms. The molecule has 3 aromatic carbocycles. The Morgan fingerprint density at radius 3 is 2.36 bits per heavy atom. The predicted molar refractivity (Wildman–Crippen MR) is 105 cm³/mol. The van der Waals surface area contributed by atoms with E-state index in [9.17, 15) is 5.26 Å². The Labute approximate surface area is 148 Å². The zero-order valence-corrected chi connectivity index (χ0v) is 14.2. The van der Waals surface area contributed by atoms with Gasteiger partial charge in [0.05, 0.1) is 11.6 Å². The van der Waals surface area contributed by atoms with Crippen molar-refractivity contribution in [2.75, 3.05) is 18.0 Å². The fourth-order valence-electron chi connectivity index (χ4n) is 3.58. The van der Waals surface area contributed by atoms with Crippen LogP contribution < -0.4 is 4.90 Å². The summed E-state index contributed by atoms with van der Waals surface area (Å²) in [5.74, 6) is 0. The van der Waals surface area contributed by atoms with Crippen LogP contribution in [0.15, 0.2) is 72.3 Å². The van der Waals surface area contributed by atoms with E-state index in [0.29, 0.717) is 0 Å². The monoisotopic (exact) mass is 324 g/mol. The Kier molecular flexibility index (Phi) is 4.23. The Hall–Kier alpha value is -3.05. The third-order valence-electron chi connectivity index (χ3n) is 4.91. The van der Waals surface area contributed by atoms with Gasteiger partial charge in [0.1, 0.15) is 0 Å². The van der Waals surface area contributed by atoms with E-state index < -0.39 is 0 Å². The topological polar surface area (TPSA) is 27.0 Å². The summed E-state index contributed by atoms with van der Waals surface area (Å²) in [5, 5.41) is 11.7. The lowest BCUT2D eigenvalue weighted by molar-refractivity contribution is 0.689. The quantitative estimate of drug-likeness (QED) is 0.631. The average Bonchev–Trinajstić information content (AvgIpc) is 2.69. The molecule has 1 aliphatic rings. The second-order valence-electron chi connectivity index (χ2n) is 6.52. The summed E-state index contributed by atoms with van der Waals surface area (Å²) in [4.78, 5) is 2.45. The van der Waals surface area contributed by atoms with Crippen LogP contribution in [0.5, 0.6) is 0 Å². The van der Waals surface area contributed by atoms with Gasteiger partial charge >= 0.3 is 0 Å². The molecule has 0 N–H and O–H groups in total. The van der Waals surface area contributed by atoms with Crippen molar-refractivity contribution < 1.29 is 0 Å². The Balaban J connectivity index is 1.60. The van der Waals surface area contributed by atoms with Crippen LogP contribution in [0.2, 0.25) is 0 Å². The minimum Gasteiger partial charge on any atom is -0.371 e. The van der Waals surface area contributed by atoms with Gasteiger partial charge in [-0.1, -0.05) is 54.1 Å². The van der Waals surface area contributed by atoms with Crippen molar-refractivity contribution in [1.29, 1.82) is 5.26 Å². The summed E-state index contributed by atoms with van der Waals surface area (Å²) in [7, 11) is 0. The number of para-hydroxylation sites is 1. The second-order valence-corrected chi connectivity index (χ2v) is 6.52. The van der Waals surface area contributed by atoms with Gasteiger partial charge in [-0.2, -0.15) is 5.26 Å². The number of rotatable bonds is 2. The molecular weight excluding hydrogens is 304 g/mol. The molecule has 0 radical (unpaired) electrons. The molecule has 0 aliphatic carbocycles. The third kappa shape index (κ3) is 3.27. The average molecular weight is 324 g/mol. The van der Waals surface area contributed by atoms with Crippen LogP contribution in [-0.2, 0) is 0 Å². The lowest BCUT2D eigenvalue weighted by Gasteiger charge is -2.30. The van der Waals surface area contributed by atoms with E-state index in [2.05, 4.69) is 65.6 Å². The van der Waals surface area contributed by atoms with Crippen molar-refractivity contribution in [3.8, 4) is 6.07 Å². The minimum absolute atomic E-state index is 0.729. The first-order valence-corrected chi connectivity index (χ1v) is 8.76. The highest BCUT2D eigenvalue weighted by atomic mass is 15.1. The van der Waals surface area contributed by atoms with Gasteiger partial charge < -0.3 is 4.90 Å². The number of hydrogen-bond acceptors (Lipinski definition) is 2. The van der Waals surface area contributed by atoms with Gasteiger partial charge in [-0.05, 0) is 53.4 Å². The number of hydrogen-bond donors (Lipinski definition) is 0. The van der Waals surface area contributed by atoms with Crippen LogP contribution in [-0.4, -0.2) is 13.1 Å². The van der Waals surface area contributed by atoms with Crippen molar-refractivity contribution in [2.45, 2.75) is 12.8 Å². The summed E-state index contributed by atoms with van der Waals surface area (Å²) in [5.41, 5.74) is 4.66. The molecule has 0 bridgehead atoms. The molecule has 0 atom stereocenters. The van der Waals surface area contributed by atoms with Crippen LogP contribution in [0.1, 0.15) is 24.0 Å².